The van der Waals surface area contributed by atoms with Gasteiger partial charge in [-0.25, -0.2) is 9.59 Å². The number of rotatable bonds is 6. The molecule has 1 heterocycles. The van der Waals surface area contributed by atoms with Crippen LogP contribution in [0.1, 0.15) is 40.5 Å². The molecule has 0 aliphatic carbocycles. The molecule has 1 aliphatic heterocycles. The second-order valence-electron chi connectivity index (χ2n) is 5.73. The normalized spacial score (nSPS) is 11.6. The van der Waals surface area contributed by atoms with Crippen LogP contribution in [0.15, 0.2) is 30.3 Å². The summed E-state index contributed by atoms with van der Waals surface area (Å²) in [5, 5.41) is 24.9. The second-order valence-corrected chi connectivity index (χ2v) is 5.73. The summed E-state index contributed by atoms with van der Waals surface area (Å²) in [6.45, 7) is 2.95. The zero-order chi connectivity index (χ0) is 18.0. The molecule has 0 saturated carbocycles. The Balaban J connectivity index is 1.96. The molecule has 7 heteroatoms. The minimum Gasteiger partial charge on any atom is -0.478 e. The first-order valence-electron chi connectivity index (χ1n) is 7.97. The number of nitrogens with one attached hydrogen (secondary N) is 2. The van der Waals surface area contributed by atoms with Crippen LogP contribution >= 0.6 is 0 Å². The minimum absolute atomic E-state index is 0.140. The van der Waals surface area contributed by atoms with Crippen molar-refractivity contribution in [3.05, 3.63) is 41.5 Å². The third-order valence-corrected chi connectivity index (χ3v) is 3.90. The Kier molecular flexibility index (Phi) is 4.47. The van der Waals surface area contributed by atoms with Gasteiger partial charge in [0.1, 0.15) is 0 Å². The highest BCUT2D eigenvalue weighted by molar-refractivity contribution is 6.02. The molecule has 130 valence electrons. The van der Waals surface area contributed by atoms with Crippen LogP contribution in [0.3, 0.4) is 0 Å². The van der Waals surface area contributed by atoms with Gasteiger partial charge >= 0.3 is 11.9 Å². The predicted octanol–water partition coefficient (Wildman–Crippen LogP) is 4.14. The smallest absolute Gasteiger partial charge is 0.337 e. The summed E-state index contributed by atoms with van der Waals surface area (Å²) in [5.41, 5.74) is 1.48. The van der Waals surface area contributed by atoms with Crippen molar-refractivity contribution in [3.8, 4) is 11.5 Å². The molecule has 25 heavy (non-hydrogen) atoms. The number of unbranched alkanes of at least 4 members (excludes halogenated alkanes) is 1. The summed E-state index contributed by atoms with van der Waals surface area (Å²) in [4.78, 5) is 22.7. The van der Waals surface area contributed by atoms with E-state index in [1.165, 1.54) is 6.07 Å². The number of carbonyl (C=O) groups is 2. The Morgan fingerprint density at radius 2 is 1.92 bits per heavy atom. The number of carboxylic acid groups (broad SMARTS) is 2. The molecule has 0 amide bonds. The fourth-order valence-corrected chi connectivity index (χ4v) is 2.61. The molecule has 2 aromatic rings. The standard InChI is InChI=1S/C18H18N2O5/c1-2-3-6-19-11-4-5-14-13(9-11)20-16-12(18(23)24)7-10(17(21)22)8-15(16)25-14/h4-5,7-9,19-20H,2-3,6H2,1H3,(H,21,22)(H,23,24). The van der Waals surface area contributed by atoms with Gasteiger partial charge in [-0.1, -0.05) is 13.3 Å². The van der Waals surface area contributed by atoms with Crippen molar-refractivity contribution in [3.63, 3.8) is 0 Å². The van der Waals surface area contributed by atoms with E-state index in [9.17, 15) is 14.7 Å². The maximum Gasteiger partial charge on any atom is 0.337 e. The SMILES string of the molecule is CCCCNc1ccc2c(c1)Nc1c(cc(C(=O)O)cc1C(=O)O)O2. The van der Waals surface area contributed by atoms with E-state index in [2.05, 4.69) is 17.6 Å². The molecule has 2 aromatic carbocycles. The van der Waals surface area contributed by atoms with Crippen LogP contribution in [0.2, 0.25) is 0 Å². The highest BCUT2D eigenvalue weighted by Gasteiger charge is 2.25. The Morgan fingerprint density at radius 3 is 2.60 bits per heavy atom. The number of anilines is 3. The van der Waals surface area contributed by atoms with Crippen LogP contribution < -0.4 is 15.4 Å². The van der Waals surface area contributed by atoms with Crippen LogP contribution in [0.25, 0.3) is 0 Å². The Labute approximate surface area is 144 Å². The monoisotopic (exact) mass is 342 g/mol. The van der Waals surface area contributed by atoms with Gasteiger partial charge in [-0.2, -0.15) is 0 Å². The van der Waals surface area contributed by atoms with Crippen molar-refractivity contribution >= 4 is 29.0 Å². The molecule has 3 rings (SSSR count). The van der Waals surface area contributed by atoms with Crippen LogP contribution in [0, 0.1) is 0 Å². The van der Waals surface area contributed by atoms with Crippen molar-refractivity contribution in [1.82, 2.24) is 0 Å². The van der Waals surface area contributed by atoms with E-state index in [-0.39, 0.29) is 22.6 Å². The van der Waals surface area contributed by atoms with Crippen molar-refractivity contribution in [2.24, 2.45) is 0 Å². The molecular weight excluding hydrogens is 324 g/mol. The average molecular weight is 342 g/mol. The summed E-state index contributed by atoms with van der Waals surface area (Å²) in [7, 11) is 0. The molecule has 0 spiro atoms. The number of carboxylic acids is 2. The number of aromatic carboxylic acids is 2. The third kappa shape index (κ3) is 3.35. The topological polar surface area (TPSA) is 108 Å². The van der Waals surface area contributed by atoms with Crippen molar-refractivity contribution < 1.29 is 24.5 Å². The van der Waals surface area contributed by atoms with E-state index in [4.69, 9.17) is 9.84 Å². The Bertz CT molecular complexity index is 848. The Morgan fingerprint density at radius 1 is 1.12 bits per heavy atom. The first-order chi connectivity index (χ1) is 12.0. The molecule has 0 fully saturated rings. The van der Waals surface area contributed by atoms with Crippen LogP contribution in [0.4, 0.5) is 17.1 Å². The zero-order valence-electron chi connectivity index (χ0n) is 13.6. The number of ether oxygens (including phenoxy) is 1. The van der Waals surface area contributed by atoms with E-state index >= 15 is 0 Å². The molecule has 0 atom stereocenters. The fraction of sp³-hybridized carbons (Fsp3) is 0.222. The van der Waals surface area contributed by atoms with Gasteiger partial charge in [-0.05, 0) is 36.8 Å². The number of hydrogen-bond donors (Lipinski definition) is 4. The number of hydrogen-bond acceptors (Lipinski definition) is 5. The number of benzene rings is 2. The maximum atomic E-state index is 11.5. The highest BCUT2D eigenvalue weighted by Crippen LogP contribution is 2.45. The largest absolute Gasteiger partial charge is 0.478 e. The molecule has 1 aliphatic rings. The summed E-state index contributed by atoms with van der Waals surface area (Å²) in [6.07, 6.45) is 2.13. The maximum absolute atomic E-state index is 11.5. The first kappa shape index (κ1) is 16.6. The summed E-state index contributed by atoms with van der Waals surface area (Å²) in [5.74, 6) is -1.75. The highest BCUT2D eigenvalue weighted by atomic mass is 16.5. The van der Waals surface area contributed by atoms with Crippen molar-refractivity contribution in [1.29, 1.82) is 0 Å². The fourth-order valence-electron chi connectivity index (χ4n) is 2.61. The van der Waals surface area contributed by atoms with Gasteiger partial charge in [0.05, 0.1) is 22.5 Å². The molecule has 0 bridgehead atoms. The quantitative estimate of drug-likeness (QED) is 0.498. The van der Waals surface area contributed by atoms with Gasteiger partial charge in [-0.3, -0.25) is 0 Å². The zero-order valence-corrected chi connectivity index (χ0v) is 13.6. The molecule has 0 radical (unpaired) electrons. The van der Waals surface area contributed by atoms with Crippen molar-refractivity contribution in [2.45, 2.75) is 19.8 Å². The van der Waals surface area contributed by atoms with E-state index in [1.807, 2.05) is 12.1 Å². The summed E-state index contributed by atoms with van der Waals surface area (Å²) in [6, 6.07) is 7.89. The number of fused-ring (bicyclic) bond motifs is 2. The van der Waals surface area contributed by atoms with E-state index < -0.39 is 11.9 Å². The van der Waals surface area contributed by atoms with E-state index in [0.717, 1.165) is 31.1 Å². The van der Waals surface area contributed by atoms with Gasteiger partial charge in [0.25, 0.3) is 0 Å². The molecule has 0 saturated heterocycles. The first-order valence-corrected chi connectivity index (χ1v) is 7.97. The van der Waals surface area contributed by atoms with Gasteiger partial charge < -0.3 is 25.6 Å². The molecule has 0 aromatic heterocycles. The Hall–Kier alpha value is -3.22. The van der Waals surface area contributed by atoms with Crippen LogP contribution in [-0.4, -0.2) is 28.7 Å². The van der Waals surface area contributed by atoms with Gasteiger partial charge in [-0.15, -0.1) is 0 Å². The average Bonchev–Trinajstić information content (AvgIpc) is 2.59. The molecular formula is C18H18N2O5. The van der Waals surface area contributed by atoms with Crippen LogP contribution in [-0.2, 0) is 0 Å². The third-order valence-electron chi connectivity index (χ3n) is 3.90. The van der Waals surface area contributed by atoms with Crippen LogP contribution in [0.5, 0.6) is 11.5 Å². The molecule has 7 nitrogen and oxygen atoms in total. The van der Waals surface area contributed by atoms with E-state index in [0.29, 0.717) is 11.4 Å². The van der Waals surface area contributed by atoms with Crippen molar-refractivity contribution in [2.75, 3.05) is 17.2 Å². The summed E-state index contributed by atoms with van der Waals surface area (Å²) >= 11 is 0. The van der Waals surface area contributed by atoms with Gasteiger partial charge in [0.2, 0.25) is 0 Å². The lowest BCUT2D eigenvalue weighted by atomic mass is 10.1. The van der Waals surface area contributed by atoms with E-state index in [1.54, 1.807) is 6.07 Å². The molecule has 4 N–H and O–H groups in total. The molecule has 0 unspecified atom stereocenters. The lowest BCUT2D eigenvalue weighted by molar-refractivity contribution is 0.0696. The minimum atomic E-state index is -1.23. The lowest BCUT2D eigenvalue weighted by Gasteiger charge is -2.24. The lowest BCUT2D eigenvalue weighted by Crippen LogP contribution is -2.12. The van der Waals surface area contributed by atoms with Gasteiger partial charge in [0.15, 0.2) is 11.5 Å². The predicted molar refractivity (Wildman–Crippen MR) is 93.6 cm³/mol. The second kappa shape index (κ2) is 6.72. The van der Waals surface area contributed by atoms with Gasteiger partial charge in [0, 0.05) is 12.2 Å². The summed E-state index contributed by atoms with van der Waals surface area (Å²) < 4.78 is 5.72.